The lowest BCUT2D eigenvalue weighted by atomic mass is 9.98. The molecule has 1 heterocycles. The van der Waals surface area contributed by atoms with Crippen molar-refractivity contribution in [1.82, 2.24) is 9.62 Å². The highest BCUT2D eigenvalue weighted by Gasteiger charge is 2.39. The summed E-state index contributed by atoms with van der Waals surface area (Å²) in [5.74, 6) is 4.69. The van der Waals surface area contributed by atoms with Crippen LogP contribution in [0.25, 0.3) is 0 Å². The molecule has 1 aliphatic heterocycles. The van der Waals surface area contributed by atoms with Gasteiger partial charge in [0.1, 0.15) is 12.4 Å². The molecular formula is C21H29FN2O4S. The Hall–Kier alpha value is -1.95. The minimum atomic E-state index is -3.45. The van der Waals surface area contributed by atoms with E-state index in [9.17, 15) is 17.6 Å². The van der Waals surface area contributed by atoms with E-state index in [-0.39, 0.29) is 36.2 Å². The average Bonchev–Trinajstić information content (AvgIpc) is 3.05. The van der Waals surface area contributed by atoms with Gasteiger partial charge < -0.3 is 9.64 Å². The number of likely N-dealkylation sites (tertiary alicyclic amines) is 1. The summed E-state index contributed by atoms with van der Waals surface area (Å²) in [5.41, 5.74) is 0.661. The zero-order chi connectivity index (χ0) is 21.6. The molecule has 0 aromatic heterocycles. The van der Waals surface area contributed by atoms with E-state index in [0.29, 0.717) is 18.5 Å². The summed E-state index contributed by atoms with van der Waals surface area (Å²) in [5, 5.41) is 0. The van der Waals surface area contributed by atoms with Crippen LogP contribution in [0, 0.1) is 23.6 Å². The number of rotatable bonds is 7. The van der Waals surface area contributed by atoms with E-state index < -0.39 is 27.9 Å². The molecule has 1 saturated heterocycles. The predicted octanol–water partition coefficient (Wildman–Crippen LogP) is 1.93. The molecule has 1 fully saturated rings. The minimum absolute atomic E-state index is 0.0483. The minimum Gasteiger partial charge on any atom is -0.372 e. The maximum Gasteiger partial charge on any atom is 0.225 e. The summed E-state index contributed by atoms with van der Waals surface area (Å²) >= 11 is 0. The van der Waals surface area contributed by atoms with Gasteiger partial charge in [-0.25, -0.2) is 17.5 Å². The highest BCUT2D eigenvalue weighted by molar-refractivity contribution is 7.89. The van der Waals surface area contributed by atoms with Gasteiger partial charge in [0.2, 0.25) is 15.9 Å². The van der Waals surface area contributed by atoms with Crippen molar-refractivity contribution in [3.63, 3.8) is 0 Å². The fraction of sp³-hybridized carbons (Fsp3) is 0.571. The summed E-state index contributed by atoms with van der Waals surface area (Å²) in [6.45, 7) is 5.80. The van der Waals surface area contributed by atoms with Gasteiger partial charge in [0.25, 0.3) is 0 Å². The first-order chi connectivity index (χ1) is 13.7. The van der Waals surface area contributed by atoms with E-state index in [0.717, 1.165) is 0 Å². The average molecular weight is 425 g/mol. The van der Waals surface area contributed by atoms with Crippen LogP contribution in [0.2, 0.25) is 0 Å². The number of ether oxygens (including phenoxy) is 1. The Labute approximate surface area is 172 Å². The number of nitrogens with one attached hydrogen (secondary N) is 1. The van der Waals surface area contributed by atoms with Crippen LogP contribution >= 0.6 is 0 Å². The molecule has 1 aromatic carbocycles. The quantitative estimate of drug-likeness (QED) is 0.679. The third kappa shape index (κ3) is 6.01. The van der Waals surface area contributed by atoms with E-state index in [2.05, 4.69) is 16.6 Å². The van der Waals surface area contributed by atoms with E-state index in [1.54, 1.807) is 43.9 Å². The molecule has 1 amide bonds. The van der Waals surface area contributed by atoms with Gasteiger partial charge in [-0.2, -0.15) is 0 Å². The zero-order valence-electron chi connectivity index (χ0n) is 17.4. The monoisotopic (exact) mass is 424 g/mol. The van der Waals surface area contributed by atoms with Gasteiger partial charge >= 0.3 is 0 Å². The number of hydrogen-bond donors (Lipinski definition) is 1. The molecule has 29 heavy (non-hydrogen) atoms. The lowest BCUT2D eigenvalue weighted by molar-refractivity contribution is -0.135. The second-order valence-electron chi connectivity index (χ2n) is 7.39. The van der Waals surface area contributed by atoms with Crippen LogP contribution in [0.3, 0.4) is 0 Å². The molecule has 6 nitrogen and oxygen atoms in total. The number of halogens is 1. The molecule has 2 rings (SSSR count). The van der Waals surface area contributed by atoms with Crippen LogP contribution in [0.5, 0.6) is 0 Å². The van der Waals surface area contributed by atoms with Gasteiger partial charge in [-0.3, -0.25) is 4.79 Å². The van der Waals surface area contributed by atoms with Crippen LogP contribution in [0.15, 0.2) is 18.2 Å². The third-order valence-corrected chi connectivity index (χ3v) is 6.40. The lowest BCUT2D eigenvalue weighted by Gasteiger charge is -2.30. The summed E-state index contributed by atoms with van der Waals surface area (Å²) in [4.78, 5) is 14.3. The molecule has 8 heteroatoms. The van der Waals surface area contributed by atoms with E-state index in [4.69, 9.17) is 4.74 Å². The van der Waals surface area contributed by atoms with Gasteiger partial charge in [-0.1, -0.05) is 37.8 Å². The van der Waals surface area contributed by atoms with Crippen molar-refractivity contribution >= 4 is 15.9 Å². The van der Waals surface area contributed by atoms with Gasteiger partial charge in [0.15, 0.2) is 0 Å². The first-order valence-corrected chi connectivity index (χ1v) is 11.4. The Kier molecular flexibility index (Phi) is 8.20. The van der Waals surface area contributed by atoms with Gasteiger partial charge in [-0.15, -0.1) is 0 Å². The zero-order valence-corrected chi connectivity index (χ0v) is 18.2. The second kappa shape index (κ2) is 10.2. The number of nitrogens with zero attached hydrogens (tertiary/aromatic N) is 1. The van der Waals surface area contributed by atoms with Gasteiger partial charge in [0, 0.05) is 25.6 Å². The lowest BCUT2D eigenvalue weighted by Crippen LogP contribution is -2.49. The molecule has 1 aromatic rings. The molecular weight excluding hydrogens is 395 g/mol. The number of methoxy groups -OCH3 is 1. The number of benzene rings is 1. The molecule has 160 valence electrons. The second-order valence-corrected chi connectivity index (χ2v) is 9.43. The SMILES string of the molecule is CCS(=O)(=O)NC1CCN(C(=O)C(C)C)C1Cc1cccc(C#CCOC)c1F. The molecule has 0 bridgehead atoms. The Balaban J connectivity index is 2.34. The first-order valence-electron chi connectivity index (χ1n) is 9.75. The molecule has 0 saturated carbocycles. The summed E-state index contributed by atoms with van der Waals surface area (Å²) in [6.07, 6.45) is 0.707. The van der Waals surface area contributed by atoms with Crippen LogP contribution in [0.1, 0.15) is 38.3 Å². The number of carbonyl (C=O) groups is 1. The normalized spacial score (nSPS) is 19.3. The van der Waals surface area contributed by atoms with Crippen LogP contribution < -0.4 is 4.72 Å². The summed E-state index contributed by atoms with van der Waals surface area (Å²) in [6, 6.07) is 4.04. The van der Waals surface area contributed by atoms with Crippen molar-refractivity contribution in [2.75, 3.05) is 26.0 Å². The Morgan fingerprint density at radius 2 is 2.14 bits per heavy atom. The van der Waals surface area contributed by atoms with Crippen molar-refractivity contribution in [2.24, 2.45) is 5.92 Å². The molecule has 0 spiro atoms. The van der Waals surface area contributed by atoms with Crippen molar-refractivity contribution in [3.05, 3.63) is 35.1 Å². The van der Waals surface area contributed by atoms with E-state index in [1.807, 2.05) is 0 Å². The predicted molar refractivity (Wildman–Crippen MR) is 110 cm³/mol. The molecule has 2 unspecified atom stereocenters. The van der Waals surface area contributed by atoms with Crippen molar-refractivity contribution in [1.29, 1.82) is 0 Å². The maximum absolute atomic E-state index is 15.0. The largest absolute Gasteiger partial charge is 0.372 e. The van der Waals surface area contributed by atoms with Crippen LogP contribution in [0.4, 0.5) is 4.39 Å². The topological polar surface area (TPSA) is 75.7 Å². The fourth-order valence-corrected chi connectivity index (χ4v) is 4.33. The molecule has 1 aliphatic rings. The standard InChI is InChI=1S/C21H29FN2O4S/c1-5-29(26,27)23-18-11-12-24(21(25)15(2)3)19(18)14-17-9-6-8-16(20(17)22)10-7-13-28-4/h6,8-9,15,18-19,23H,5,11-14H2,1-4H3. The smallest absolute Gasteiger partial charge is 0.225 e. The van der Waals surface area contributed by atoms with E-state index >= 15 is 0 Å². The van der Waals surface area contributed by atoms with Gasteiger partial charge in [-0.05, 0) is 31.4 Å². The van der Waals surface area contributed by atoms with Crippen LogP contribution in [-0.2, 0) is 26.0 Å². The fourth-order valence-electron chi connectivity index (χ4n) is 3.43. The van der Waals surface area contributed by atoms with Gasteiger partial charge in [0.05, 0.1) is 17.4 Å². The van der Waals surface area contributed by atoms with Crippen molar-refractivity contribution < 1.29 is 22.3 Å². The number of hydrogen-bond acceptors (Lipinski definition) is 4. The molecule has 0 radical (unpaired) electrons. The number of amides is 1. The van der Waals surface area contributed by atoms with Crippen molar-refractivity contribution in [3.8, 4) is 11.8 Å². The van der Waals surface area contributed by atoms with Crippen molar-refractivity contribution in [2.45, 2.75) is 45.7 Å². The molecule has 0 aliphatic carbocycles. The third-order valence-electron chi connectivity index (χ3n) is 4.98. The Morgan fingerprint density at radius 1 is 1.41 bits per heavy atom. The van der Waals surface area contributed by atoms with E-state index in [1.165, 1.54) is 7.11 Å². The maximum atomic E-state index is 15.0. The number of sulfonamides is 1. The molecule has 2 atom stereocenters. The number of carbonyl (C=O) groups excluding carboxylic acids is 1. The Bertz CT molecular complexity index is 890. The summed E-state index contributed by atoms with van der Waals surface area (Å²) in [7, 11) is -1.94. The highest BCUT2D eigenvalue weighted by Crippen LogP contribution is 2.26. The summed E-state index contributed by atoms with van der Waals surface area (Å²) < 4.78 is 46.8. The Morgan fingerprint density at radius 3 is 2.76 bits per heavy atom. The highest BCUT2D eigenvalue weighted by atomic mass is 32.2. The van der Waals surface area contributed by atoms with Crippen LogP contribution in [-0.4, -0.2) is 57.3 Å². The first kappa shape index (κ1) is 23.3. The molecule has 1 N–H and O–H groups in total.